The van der Waals surface area contributed by atoms with Gasteiger partial charge in [0.1, 0.15) is 12.1 Å². The number of aromatic amines is 1. The van der Waals surface area contributed by atoms with Crippen molar-refractivity contribution >= 4 is 0 Å². The molecule has 0 saturated heterocycles. The van der Waals surface area contributed by atoms with Crippen LogP contribution in [-0.4, -0.2) is 15.2 Å². The first-order valence-corrected chi connectivity index (χ1v) is 5.38. The fourth-order valence-electron chi connectivity index (χ4n) is 2.18. The summed E-state index contributed by atoms with van der Waals surface area (Å²) in [5.41, 5.74) is 0.940. The number of H-pyrrole nitrogens is 1. The molecule has 1 aliphatic carbocycles. The van der Waals surface area contributed by atoms with Crippen molar-refractivity contribution in [2.45, 2.75) is 31.6 Å². The van der Waals surface area contributed by atoms with E-state index >= 15 is 0 Å². The molecule has 15 heavy (non-hydrogen) atoms. The van der Waals surface area contributed by atoms with E-state index in [2.05, 4.69) is 15.2 Å². The maximum absolute atomic E-state index is 5.01. The van der Waals surface area contributed by atoms with Gasteiger partial charge in [0.15, 0.2) is 5.82 Å². The van der Waals surface area contributed by atoms with Crippen molar-refractivity contribution in [1.82, 2.24) is 15.2 Å². The van der Waals surface area contributed by atoms with Gasteiger partial charge in [-0.1, -0.05) is 12.8 Å². The Morgan fingerprint density at radius 2 is 2.20 bits per heavy atom. The normalized spacial score (nSPS) is 17.3. The summed E-state index contributed by atoms with van der Waals surface area (Å²) in [5, 5.41) is 7.24. The molecule has 1 saturated carbocycles. The predicted molar refractivity (Wildman–Crippen MR) is 55.3 cm³/mol. The molecule has 0 aliphatic heterocycles. The van der Waals surface area contributed by atoms with Crippen molar-refractivity contribution < 1.29 is 4.42 Å². The Bertz CT molecular complexity index is 426. The van der Waals surface area contributed by atoms with Crippen LogP contribution in [0.2, 0.25) is 0 Å². The standard InChI is InChI=1S/C11H13N3O/c1-2-4-8(3-1)10-12-11(14-13-10)9-5-6-15-7-9/h5-8H,1-4H2,(H,12,13,14). The lowest BCUT2D eigenvalue weighted by atomic mass is 10.1. The average Bonchev–Trinajstić information content (AvgIpc) is 3.02. The Kier molecular flexibility index (Phi) is 2.05. The second-order valence-corrected chi connectivity index (χ2v) is 4.04. The smallest absolute Gasteiger partial charge is 0.184 e. The van der Waals surface area contributed by atoms with Crippen LogP contribution < -0.4 is 0 Å². The predicted octanol–water partition coefficient (Wildman–Crippen LogP) is 2.72. The van der Waals surface area contributed by atoms with Crippen LogP contribution in [0.25, 0.3) is 11.4 Å². The molecule has 0 amide bonds. The van der Waals surface area contributed by atoms with Gasteiger partial charge in [-0.3, -0.25) is 5.10 Å². The molecule has 0 aromatic carbocycles. The van der Waals surface area contributed by atoms with Gasteiger partial charge in [-0.15, -0.1) is 0 Å². The summed E-state index contributed by atoms with van der Waals surface area (Å²) in [6.45, 7) is 0. The molecule has 4 nitrogen and oxygen atoms in total. The lowest BCUT2D eigenvalue weighted by Crippen LogP contribution is -1.94. The van der Waals surface area contributed by atoms with E-state index in [0.717, 1.165) is 17.2 Å². The van der Waals surface area contributed by atoms with E-state index in [1.54, 1.807) is 12.5 Å². The molecule has 0 unspecified atom stereocenters. The molecule has 2 aromatic heterocycles. The number of rotatable bonds is 2. The molecule has 4 heteroatoms. The molecular formula is C11H13N3O. The van der Waals surface area contributed by atoms with E-state index < -0.39 is 0 Å². The molecule has 1 N–H and O–H groups in total. The third-order valence-electron chi connectivity index (χ3n) is 3.02. The number of nitrogens with zero attached hydrogens (tertiary/aromatic N) is 2. The zero-order chi connectivity index (χ0) is 10.1. The van der Waals surface area contributed by atoms with Gasteiger partial charge in [-0.05, 0) is 18.9 Å². The van der Waals surface area contributed by atoms with Gasteiger partial charge >= 0.3 is 0 Å². The summed E-state index contributed by atoms with van der Waals surface area (Å²) >= 11 is 0. The highest BCUT2D eigenvalue weighted by Crippen LogP contribution is 2.32. The quantitative estimate of drug-likeness (QED) is 0.816. The van der Waals surface area contributed by atoms with Crippen LogP contribution in [0.1, 0.15) is 37.4 Å². The molecule has 3 rings (SSSR count). The summed E-state index contributed by atoms with van der Waals surface area (Å²) in [6, 6.07) is 1.88. The molecule has 0 atom stereocenters. The number of furan rings is 1. The Labute approximate surface area is 87.7 Å². The van der Waals surface area contributed by atoms with Crippen LogP contribution in [0.4, 0.5) is 0 Å². The number of aromatic nitrogens is 3. The van der Waals surface area contributed by atoms with Crippen molar-refractivity contribution in [2.75, 3.05) is 0 Å². The highest BCUT2D eigenvalue weighted by Gasteiger charge is 2.20. The van der Waals surface area contributed by atoms with Gasteiger partial charge in [0, 0.05) is 5.92 Å². The van der Waals surface area contributed by atoms with Crippen LogP contribution >= 0.6 is 0 Å². The highest BCUT2D eigenvalue weighted by atomic mass is 16.3. The Morgan fingerprint density at radius 3 is 2.93 bits per heavy atom. The summed E-state index contributed by atoms with van der Waals surface area (Å²) < 4.78 is 5.01. The minimum Gasteiger partial charge on any atom is -0.472 e. The highest BCUT2D eigenvalue weighted by molar-refractivity contribution is 5.51. The van der Waals surface area contributed by atoms with Crippen molar-refractivity contribution in [3.63, 3.8) is 0 Å². The lowest BCUT2D eigenvalue weighted by Gasteiger charge is -2.01. The first kappa shape index (κ1) is 8.71. The first-order valence-electron chi connectivity index (χ1n) is 5.38. The Hall–Kier alpha value is -1.58. The van der Waals surface area contributed by atoms with Crippen molar-refractivity contribution in [1.29, 1.82) is 0 Å². The minimum absolute atomic E-state index is 0.582. The molecule has 0 radical (unpaired) electrons. The van der Waals surface area contributed by atoms with Gasteiger partial charge < -0.3 is 4.42 Å². The number of hydrogen-bond donors (Lipinski definition) is 1. The molecule has 78 valence electrons. The fourth-order valence-corrected chi connectivity index (χ4v) is 2.18. The van der Waals surface area contributed by atoms with E-state index in [9.17, 15) is 0 Å². The van der Waals surface area contributed by atoms with Gasteiger partial charge in [0.25, 0.3) is 0 Å². The van der Waals surface area contributed by atoms with Crippen molar-refractivity contribution in [3.8, 4) is 11.4 Å². The van der Waals surface area contributed by atoms with E-state index in [-0.39, 0.29) is 0 Å². The van der Waals surface area contributed by atoms with Gasteiger partial charge in [0.05, 0.1) is 11.8 Å². The largest absolute Gasteiger partial charge is 0.472 e. The third-order valence-corrected chi connectivity index (χ3v) is 3.02. The van der Waals surface area contributed by atoms with E-state index in [1.807, 2.05) is 6.07 Å². The van der Waals surface area contributed by atoms with Crippen molar-refractivity contribution in [3.05, 3.63) is 24.4 Å². The van der Waals surface area contributed by atoms with Crippen molar-refractivity contribution in [2.24, 2.45) is 0 Å². The lowest BCUT2D eigenvalue weighted by molar-refractivity contribution is 0.568. The van der Waals surface area contributed by atoms with E-state index in [4.69, 9.17) is 4.42 Å². The Balaban J connectivity index is 1.87. The summed E-state index contributed by atoms with van der Waals surface area (Å²) in [6.07, 6.45) is 8.40. The number of hydrogen-bond acceptors (Lipinski definition) is 3. The van der Waals surface area contributed by atoms with Crippen LogP contribution in [0.5, 0.6) is 0 Å². The first-order chi connectivity index (χ1) is 7.43. The van der Waals surface area contributed by atoms with Gasteiger partial charge in [-0.25, -0.2) is 4.98 Å². The average molecular weight is 203 g/mol. The molecular weight excluding hydrogens is 190 g/mol. The molecule has 2 heterocycles. The molecule has 2 aromatic rings. The zero-order valence-corrected chi connectivity index (χ0v) is 8.44. The zero-order valence-electron chi connectivity index (χ0n) is 8.44. The second-order valence-electron chi connectivity index (χ2n) is 4.04. The third kappa shape index (κ3) is 1.56. The molecule has 0 spiro atoms. The van der Waals surface area contributed by atoms with Crippen LogP contribution in [-0.2, 0) is 0 Å². The topological polar surface area (TPSA) is 54.7 Å². The van der Waals surface area contributed by atoms with Crippen LogP contribution in [0.3, 0.4) is 0 Å². The molecule has 1 aliphatic rings. The Morgan fingerprint density at radius 1 is 1.33 bits per heavy atom. The SMILES string of the molecule is c1cc(-c2n[nH]c(C3CCCC3)n2)co1. The molecule has 0 bridgehead atoms. The second kappa shape index (κ2) is 3.53. The monoisotopic (exact) mass is 203 g/mol. The number of nitrogens with one attached hydrogen (secondary N) is 1. The summed E-state index contributed by atoms with van der Waals surface area (Å²) in [7, 11) is 0. The maximum Gasteiger partial charge on any atom is 0.184 e. The van der Waals surface area contributed by atoms with Gasteiger partial charge in [0.2, 0.25) is 0 Å². The maximum atomic E-state index is 5.01. The van der Waals surface area contributed by atoms with Gasteiger partial charge in [-0.2, -0.15) is 5.10 Å². The van der Waals surface area contributed by atoms with E-state index in [0.29, 0.717) is 5.92 Å². The van der Waals surface area contributed by atoms with Crippen LogP contribution in [0, 0.1) is 0 Å². The summed E-state index contributed by atoms with van der Waals surface area (Å²) in [4.78, 5) is 4.51. The summed E-state index contributed by atoms with van der Waals surface area (Å²) in [5.74, 6) is 2.35. The fraction of sp³-hybridized carbons (Fsp3) is 0.455. The van der Waals surface area contributed by atoms with Crippen LogP contribution in [0.15, 0.2) is 23.0 Å². The minimum atomic E-state index is 0.582. The van der Waals surface area contributed by atoms with E-state index in [1.165, 1.54) is 25.7 Å². The molecule has 1 fully saturated rings.